The van der Waals surface area contributed by atoms with Crippen LogP contribution in [0, 0.1) is 29.6 Å². The van der Waals surface area contributed by atoms with E-state index in [0.717, 1.165) is 0 Å². The lowest BCUT2D eigenvalue weighted by atomic mass is 9.95. The number of likely N-dealkylation sites (tertiary alicyclic amines) is 1. The molecule has 0 aromatic rings. The molecule has 1 heterocycles. The van der Waals surface area contributed by atoms with Gasteiger partial charge in [-0.15, -0.1) is 0 Å². The Bertz CT molecular complexity index is 2190. The minimum atomic E-state index is -1.27. The zero-order valence-electron chi connectivity index (χ0n) is 51.1. The molecule has 0 saturated carbocycles. The SMILES string of the molecule is CC[C@H](C)[C@H](NC(=O)[C@H](C)NC(=O)[C@@H]1CCCN1C(=O)[C@H](CCCN=C(N)N)NC(=O)[C@@H](N)CC(C)C)C(=O)N[C@@H](CC(C)C)C(=O)N[C@H](C(=O)N[C@@H](CCCN=C(N)N)C(=O)N[C@H](C(=O)N[C@@H](CCCCN)C(N)=O)[C@@H](C)CC)C(C)C. The third-order valence-electron chi connectivity index (χ3n) is 14.6. The summed E-state index contributed by atoms with van der Waals surface area (Å²) in [7, 11) is 0. The Hall–Kier alpha value is -6.84. The van der Waals surface area contributed by atoms with E-state index < -0.39 is 137 Å². The number of guanidine groups is 2. The Morgan fingerprint density at radius 3 is 1.43 bits per heavy atom. The Morgan fingerprint density at radius 1 is 0.506 bits per heavy atom. The van der Waals surface area contributed by atoms with E-state index in [0.29, 0.717) is 51.5 Å². The van der Waals surface area contributed by atoms with E-state index >= 15 is 0 Å². The highest BCUT2D eigenvalue weighted by molar-refractivity contribution is 5.99. The van der Waals surface area contributed by atoms with E-state index in [9.17, 15) is 47.9 Å². The number of hydrogen-bond donors (Lipinski definition) is 15. The summed E-state index contributed by atoms with van der Waals surface area (Å²) in [5.41, 5.74) is 39.4. The Balaban J connectivity index is 3.39. The third-order valence-corrected chi connectivity index (χ3v) is 14.6. The molecule has 12 atom stereocenters. The smallest absolute Gasteiger partial charge is 0.245 e. The molecule has 474 valence electrons. The van der Waals surface area contributed by atoms with Crippen LogP contribution in [0.2, 0.25) is 0 Å². The van der Waals surface area contributed by atoms with Crippen molar-refractivity contribution in [3.05, 3.63) is 0 Å². The third kappa shape index (κ3) is 27.0. The number of carbonyl (C=O) groups excluding carboxylic acids is 10. The molecular formula is C55H104N18O10. The molecule has 28 nitrogen and oxygen atoms in total. The van der Waals surface area contributed by atoms with Gasteiger partial charge in [0.25, 0.3) is 0 Å². The van der Waals surface area contributed by atoms with E-state index in [1.54, 1.807) is 27.7 Å². The average molecular weight is 1180 g/mol. The van der Waals surface area contributed by atoms with Crippen molar-refractivity contribution in [2.45, 2.75) is 220 Å². The maximum Gasteiger partial charge on any atom is 0.245 e. The summed E-state index contributed by atoms with van der Waals surface area (Å²) in [6.45, 7) is 20.3. The molecule has 0 radical (unpaired) electrons. The minimum Gasteiger partial charge on any atom is -0.370 e. The summed E-state index contributed by atoms with van der Waals surface area (Å²) in [5, 5.41) is 21.9. The molecule has 1 aliphatic heterocycles. The fourth-order valence-corrected chi connectivity index (χ4v) is 9.30. The normalized spacial score (nSPS) is 17.2. The number of amides is 10. The van der Waals surface area contributed by atoms with Crippen LogP contribution in [0.1, 0.15) is 160 Å². The molecule has 0 bridgehead atoms. The summed E-state index contributed by atoms with van der Waals surface area (Å²) in [5.74, 6) is -8.53. The van der Waals surface area contributed by atoms with Gasteiger partial charge in [0.05, 0.1) is 6.04 Å². The number of aliphatic imine (C=N–C) groups is 2. The molecule has 10 amide bonds. The van der Waals surface area contributed by atoms with Crippen molar-refractivity contribution in [1.29, 1.82) is 0 Å². The van der Waals surface area contributed by atoms with Gasteiger partial charge in [-0.1, -0.05) is 82.1 Å². The second-order valence-corrected chi connectivity index (χ2v) is 23.1. The Morgan fingerprint density at radius 2 is 0.952 bits per heavy atom. The van der Waals surface area contributed by atoms with Crippen molar-refractivity contribution in [3.63, 3.8) is 0 Å². The van der Waals surface area contributed by atoms with Crippen molar-refractivity contribution < 1.29 is 47.9 Å². The lowest BCUT2D eigenvalue weighted by Crippen LogP contribution is -2.62. The second kappa shape index (κ2) is 38.1. The Labute approximate surface area is 490 Å². The predicted octanol–water partition coefficient (Wildman–Crippen LogP) is -2.24. The van der Waals surface area contributed by atoms with Crippen molar-refractivity contribution in [2.24, 2.45) is 79.7 Å². The number of carbonyl (C=O) groups is 10. The van der Waals surface area contributed by atoms with Crippen molar-refractivity contribution >= 4 is 71.0 Å². The van der Waals surface area contributed by atoms with Gasteiger partial charge >= 0.3 is 0 Å². The molecule has 28 heteroatoms. The van der Waals surface area contributed by atoms with E-state index in [1.165, 1.54) is 11.8 Å². The summed E-state index contributed by atoms with van der Waals surface area (Å²) in [4.78, 5) is 148. The van der Waals surface area contributed by atoms with Crippen LogP contribution in [0.5, 0.6) is 0 Å². The number of rotatable bonds is 39. The molecule has 1 aliphatic rings. The van der Waals surface area contributed by atoms with Gasteiger partial charge in [0, 0.05) is 19.6 Å². The van der Waals surface area contributed by atoms with Crippen LogP contribution in [0.25, 0.3) is 0 Å². The number of hydrogen-bond acceptors (Lipinski definition) is 14. The average Bonchev–Trinajstić information content (AvgIpc) is 4.08. The monoisotopic (exact) mass is 1180 g/mol. The lowest BCUT2D eigenvalue weighted by Gasteiger charge is -2.31. The molecular weight excluding hydrogens is 1070 g/mol. The number of nitrogens with two attached hydrogens (primary N) is 7. The van der Waals surface area contributed by atoms with Gasteiger partial charge in [-0.25, -0.2) is 0 Å². The van der Waals surface area contributed by atoms with Crippen LogP contribution in [-0.2, 0) is 47.9 Å². The highest BCUT2D eigenvalue weighted by Gasteiger charge is 2.40. The van der Waals surface area contributed by atoms with Crippen LogP contribution in [0.4, 0.5) is 0 Å². The van der Waals surface area contributed by atoms with Crippen molar-refractivity contribution in [1.82, 2.24) is 47.4 Å². The van der Waals surface area contributed by atoms with Gasteiger partial charge in [0.2, 0.25) is 59.1 Å². The first-order valence-electron chi connectivity index (χ1n) is 29.5. The minimum absolute atomic E-state index is 0.000386. The molecule has 1 rings (SSSR count). The van der Waals surface area contributed by atoms with Crippen LogP contribution in [-0.4, -0.2) is 162 Å². The quantitative estimate of drug-likeness (QED) is 0.0176. The molecule has 0 aromatic carbocycles. The highest BCUT2D eigenvalue weighted by atomic mass is 16.2. The zero-order chi connectivity index (χ0) is 63.3. The van der Waals surface area contributed by atoms with E-state index in [4.69, 9.17) is 40.1 Å². The van der Waals surface area contributed by atoms with Gasteiger partial charge < -0.3 is 87.6 Å². The van der Waals surface area contributed by atoms with Gasteiger partial charge in [-0.05, 0) is 114 Å². The van der Waals surface area contributed by atoms with E-state index in [2.05, 4.69) is 52.5 Å². The lowest BCUT2D eigenvalue weighted by molar-refractivity contribution is -0.142. The highest BCUT2D eigenvalue weighted by Crippen LogP contribution is 2.21. The van der Waals surface area contributed by atoms with Crippen LogP contribution in [0.15, 0.2) is 9.98 Å². The molecule has 0 spiro atoms. The molecule has 22 N–H and O–H groups in total. The van der Waals surface area contributed by atoms with Crippen LogP contribution < -0.4 is 82.7 Å². The number of unbranched alkanes of at least 4 members (excludes halogenated alkanes) is 1. The largest absolute Gasteiger partial charge is 0.370 e. The molecule has 0 unspecified atom stereocenters. The van der Waals surface area contributed by atoms with Crippen molar-refractivity contribution in [2.75, 3.05) is 26.2 Å². The van der Waals surface area contributed by atoms with E-state index in [-0.39, 0.29) is 81.9 Å². The first kappa shape index (κ1) is 74.2. The Kier molecular flexibility index (Phi) is 34.0. The fraction of sp³-hybridized carbons (Fsp3) is 0.782. The van der Waals surface area contributed by atoms with Gasteiger partial charge in [-0.2, -0.15) is 0 Å². The summed E-state index contributed by atoms with van der Waals surface area (Å²) in [6.07, 6.45) is 4.14. The van der Waals surface area contributed by atoms with Gasteiger partial charge in [0.1, 0.15) is 54.4 Å². The molecule has 1 fully saturated rings. The van der Waals surface area contributed by atoms with E-state index in [1.807, 2.05) is 41.5 Å². The van der Waals surface area contributed by atoms with Gasteiger partial charge in [0.15, 0.2) is 11.9 Å². The van der Waals surface area contributed by atoms with Crippen molar-refractivity contribution in [3.8, 4) is 0 Å². The molecule has 83 heavy (non-hydrogen) atoms. The molecule has 0 aliphatic carbocycles. The zero-order valence-corrected chi connectivity index (χ0v) is 51.1. The maximum atomic E-state index is 14.3. The number of nitrogens with zero attached hydrogens (tertiary/aromatic N) is 3. The predicted molar refractivity (Wildman–Crippen MR) is 318 cm³/mol. The molecule has 1 saturated heterocycles. The first-order chi connectivity index (χ1) is 38.9. The summed E-state index contributed by atoms with van der Waals surface area (Å²) in [6, 6.07) is -11.2. The number of primary amides is 1. The summed E-state index contributed by atoms with van der Waals surface area (Å²) >= 11 is 0. The van der Waals surface area contributed by atoms with Crippen LogP contribution in [0.3, 0.4) is 0 Å². The first-order valence-corrected chi connectivity index (χ1v) is 29.5. The fourth-order valence-electron chi connectivity index (χ4n) is 9.30. The standard InChI is InChI=1S/C55H104N18O10/c1-12-32(9)42(71-45(75)34(11)65-49(79)40-22-18-26-73(40)53(83)38(21-17-25-64-55(61)62)68-46(76)35(57)27-29(3)4)52(82)69-39(28-30(5)6)48(78)70-41(31(7)8)50(80)67-37(20-16-24-63-54(59)60)47(77)72-43(33(10)13-2)51(81)66-36(44(58)74)19-14-15-23-56/h29-43H,12-28,56-57H2,1-11H3,(H2,58,74)(H,65,79)(H,66,81)(H,67,80)(H,68,76)(H,69,82)(H,70,78)(H,71,75)(H,72,77)(H4,59,60,63)(H4,61,62,64)/t32-,33-,34-,35-,36-,37-,38-,39-,40-,41-,42-,43-/m0/s1. The van der Waals surface area contributed by atoms with Gasteiger partial charge in [-0.3, -0.25) is 57.9 Å². The summed E-state index contributed by atoms with van der Waals surface area (Å²) < 4.78 is 0. The topological polar surface area (TPSA) is 477 Å². The second-order valence-electron chi connectivity index (χ2n) is 23.1. The molecule has 0 aromatic heterocycles. The maximum absolute atomic E-state index is 14.3. The number of nitrogens with one attached hydrogen (secondary N) is 8. The van der Waals surface area contributed by atoms with Crippen LogP contribution >= 0.6 is 0 Å².